The normalized spacial score (nSPS) is 22.4. The smallest absolute Gasteiger partial charge is 0.127 e. The maximum atomic E-state index is 14.1. The minimum absolute atomic E-state index is 0.0920. The van der Waals surface area contributed by atoms with Gasteiger partial charge in [0, 0.05) is 24.2 Å². The molecule has 0 amide bonds. The van der Waals surface area contributed by atoms with Crippen molar-refractivity contribution in [2.45, 2.75) is 52.1 Å². The molecule has 21 heavy (non-hydrogen) atoms. The average Bonchev–Trinajstić information content (AvgIpc) is 2.93. The van der Waals surface area contributed by atoms with Crippen LogP contribution < -0.4 is 5.32 Å². The largest absolute Gasteiger partial charge is 0.310 e. The Kier molecular flexibility index (Phi) is 6.19. The lowest BCUT2D eigenvalue weighted by Crippen LogP contribution is -2.38. The van der Waals surface area contributed by atoms with Crippen LogP contribution in [-0.2, 0) is 0 Å². The minimum Gasteiger partial charge on any atom is -0.310 e. The maximum absolute atomic E-state index is 14.1. The molecule has 3 unspecified atom stereocenters. The van der Waals surface area contributed by atoms with Crippen molar-refractivity contribution >= 4 is 0 Å². The summed E-state index contributed by atoms with van der Waals surface area (Å²) in [6.45, 7) is 9.70. The third-order valence-electron chi connectivity index (χ3n) is 4.73. The van der Waals surface area contributed by atoms with Gasteiger partial charge in [-0.15, -0.1) is 0 Å². The van der Waals surface area contributed by atoms with Crippen molar-refractivity contribution in [3.8, 4) is 0 Å². The first-order valence-electron chi connectivity index (χ1n) is 8.39. The molecule has 1 saturated heterocycles. The Bertz CT molecular complexity index is 435. The van der Waals surface area contributed by atoms with Crippen LogP contribution in [0.15, 0.2) is 24.3 Å². The molecule has 0 aromatic heterocycles. The van der Waals surface area contributed by atoms with Gasteiger partial charge in [0.2, 0.25) is 0 Å². The fourth-order valence-electron chi connectivity index (χ4n) is 3.64. The predicted octanol–water partition coefficient (Wildman–Crippen LogP) is 3.99. The number of hydrogen-bond acceptors (Lipinski definition) is 2. The van der Waals surface area contributed by atoms with Crippen LogP contribution in [0, 0.1) is 11.7 Å². The van der Waals surface area contributed by atoms with Crippen molar-refractivity contribution in [3.05, 3.63) is 35.6 Å². The summed E-state index contributed by atoms with van der Waals surface area (Å²) >= 11 is 0. The van der Waals surface area contributed by atoms with E-state index in [2.05, 4.69) is 31.0 Å². The van der Waals surface area contributed by atoms with Crippen molar-refractivity contribution in [3.63, 3.8) is 0 Å². The first kappa shape index (κ1) is 16.4. The van der Waals surface area contributed by atoms with E-state index in [4.69, 9.17) is 0 Å². The third kappa shape index (κ3) is 4.04. The van der Waals surface area contributed by atoms with Crippen LogP contribution in [0.3, 0.4) is 0 Å². The summed E-state index contributed by atoms with van der Waals surface area (Å²) in [6, 6.07) is 7.99. The second-order valence-corrected chi connectivity index (χ2v) is 6.23. The lowest BCUT2D eigenvalue weighted by molar-refractivity contribution is 0.192. The molecule has 0 saturated carbocycles. The van der Waals surface area contributed by atoms with E-state index in [0.717, 1.165) is 24.7 Å². The molecule has 118 valence electrons. The van der Waals surface area contributed by atoms with E-state index in [1.165, 1.54) is 25.8 Å². The van der Waals surface area contributed by atoms with Crippen LogP contribution in [0.5, 0.6) is 0 Å². The van der Waals surface area contributed by atoms with E-state index in [9.17, 15) is 4.39 Å². The lowest BCUT2D eigenvalue weighted by Gasteiger charge is -2.32. The van der Waals surface area contributed by atoms with E-state index in [-0.39, 0.29) is 11.9 Å². The predicted molar refractivity (Wildman–Crippen MR) is 86.9 cm³/mol. The Morgan fingerprint density at radius 1 is 1.33 bits per heavy atom. The highest BCUT2D eigenvalue weighted by Gasteiger charge is 2.28. The molecule has 2 rings (SSSR count). The summed E-state index contributed by atoms with van der Waals surface area (Å²) in [5, 5.41) is 3.48. The van der Waals surface area contributed by atoms with E-state index in [1.807, 2.05) is 12.1 Å². The maximum Gasteiger partial charge on any atom is 0.127 e. The summed E-state index contributed by atoms with van der Waals surface area (Å²) in [6.07, 6.45) is 3.84. The number of likely N-dealkylation sites (tertiary alicyclic amines) is 1. The molecule has 1 aromatic rings. The first-order valence-corrected chi connectivity index (χ1v) is 8.39. The molecule has 1 aliphatic heterocycles. The SMILES string of the molecule is CCNC(c1ccccc1F)C(C)CN1CCCC1CC. The zero-order chi connectivity index (χ0) is 15.2. The Morgan fingerprint density at radius 2 is 2.10 bits per heavy atom. The fraction of sp³-hybridized carbons (Fsp3) is 0.667. The van der Waals surface area contributed by atoms with Crippen LogP contribution in [0.4, 0.5) is 4.39 Å². The zero-order valence-electron chi connectivity index (χ0n) is 13.6. The van der Waals surface area contributed by atoms with Gasteiger partial charge in [0.1, 0.15) is 5.82 Å². The molecular formula is C18H29FN2. The molecule has 3 heteroatoms. The van der Waals surface area contributed by atoms with Gasteiger partial charge in [-0.3, -0.25) is 0 Å². The number of benzene rings is 1. The molecule has 1 aliphatic rings. The summed E-state index contributed by atoms with van der Waals surface area (Å²) in [4.78, 5) is 2.59. The Morgan fingerprint density at radius 3 is 2.76 bits per heavy atom. The molecule has 1 N–H and O–H groups in total. The van der Waals surface area contributed by atoms with Crippen molar-refractivity contribution < 1.29 is 4.39 Å². The van der Waals surface area contributed by atoms with Crippen LogP contribution in [0.2, 0.25) is 0 Å². The minimum atomic E-state index is -0.0937. The molecule has 0 bridgehead atoms. The highest BCUT2D eigenvalue weighted by Crippen LogP contribution is 2.28. The second kappa shape index (κ2) is 7.90. The monoisotopic (exact) mass is 292 g/mol. The van der Waals surface area contributed by atoms with Gasteiger partial charge in [0.05, 0.1) is 0 Å². The van der Waals surface area contributed by atoms with Crippen molar-refractivity contribution in [1.29, 1.82) is 0 Å². The average molecular weight is 292 g/mol. The van der Waals surface area contributed by atoms with Crippen LogP contribution >= 0.6 is 0 Å². The lowest BCUT2D eigenvalue weighted by atomic mass is 9.93. The number of hydrogen-bond donors (Lipinski definition) is 1. The molecule has 0 aliphatic carbocycles. The van der Waals surface area contributed by atoms with Crippen LogP contribution in [-0.4, -0.2) is 30.6 Å². The van der Waals surface area contributed by atoms with Crippen molar-refractivity contribution in [2.24, 2.45) is 5.92 Å². The highest BCUT2D eigenvalue weighted by atomic mass is 19.1. The molecule has 3 atom stereocenters. The Labute approximate surface area is 128 Å². The van der Waals surface area contributed by atoms with Crippen molar-refractivity contribution in [2.75, 3.05) is 19.6 Å². The number of nitrogens with one attached hydrogen (secondary N) is 1. The molecule has 1 fully saturated rings. The molecule has 1 aromatic carbocycles. The first-order chi connectivity index (χ1) is 10.2. The standard InChI is InChI=1S/C18H29FN2/c1-4-15-9-8-12-21(15)13-14(3)18(20-5-2)16-10-6-7-11-17(16)19/h6-7,10-11,14-15,18,20H,4-5,8-9,12-13H2,1-3H3. The van der Waals surface area contributed by atoms with Gasteiger partial charge in [-0.05, 0) is 44.3 Å². The van der Waals surface area contributed by atoms with Gasteiger partial charge in [-0.25, -0.2) is 4.39 Å². The Balaban J connectivity index is 2.09. The summed E-state index contributed by atoms with van der Waals surface area (Å²) in [5.41, 5.74) is 0.805. The van der Waals surface area contributed by atoms with Crippen LogP contribution in [0.25, 0.3) is 0 Å². The van der Waals surface area contributed by atoms with Crippen LogP contribution in [0.1, 0.15) is 51.6 Å². The van der Waals surface area contributed by atoms with Gasteiger partial charge in [-0.2, -0.15) is 0 Å². The topological polar surface area (TPSA) is 15.3 Å². The zero-order valence-corrected chi connectivity index (χ0v) is 13.6. The summed E-state index contributed by atoms with van der Waals surface area (Å²) in [5.74, 6) is 0.303. The van der Waals surface area contributed by atoms with E-state index < -0.39 is 0 Å². The highest BCUT2D eigenvalue weighted by molar-refractivity contribution is 5.22. The van der Waals surface area contributed by atoms with E-state index in [0.29, 0.717) is 5.92 Å². The molecule has 0 radical (unpaired) electrons. The van der Waals surface area contributed by atoms with Crippen molar-refractivity contribution in [1.82, 2.24) is 10.2 Å². The number of nitrogens with zero attached hydrogens (tertiary/aromatic N) is 1. The summed E-state index contributed by atoms with van der Waals surface area (Å²) in [7, 11) is 0. The Hall–Kier alpha value is -0.930. The van der Waals surface area contributed by atoms with E-state index in [1.54, 1.807) is 12.1 Å². The van der Waals surface area contributed by atoms with Gasteiger partial charge in [0.25, 0.3) is 0 Å². The molecular weight excluding hydrogens is 263 g/mol. The van der Waals surface area contributed by atoms with Gasteiger partial charge >= 0.3 is 0 Å². The molecule has 2 nitrogen and oxygen atoms in total. The van der Waals surface area contributed by atoms with Gasteiger partial charge in [0.15, 0.2) is 0 Å². The van der Waals surface area contributed by atoms with E-state index >= 15 is 0 Å². The molecule has 1 heterocycles. The fourth-order valence-corrected chi connectivity index (χ4v) is 3.64. The number of rotatable bonds is 7. The third-order valence-corrected chi connectivity index (χ3v) is 4.73. The summed E-state index contributed by atoms with van der Waals surface area (Å²) < 4.78 is 14.1. The number of halogens is 1. The molecule has 0 spiro atoms. The quantitative estimate of drug-likeness (QED) is 0.817. The second-order valence-electron chi connectivity index (χ2n) is 6.23. The van der Waals surface area contributed by atoms with Gasteiger partial charge < -0.3 is 10.2 Å². The van der Waals surface area contributed by atoms with Gasteiger partial charge in [-0.1, -0.05) is 39.0 Å².